The molecule has 5 heavy (non-hydrogen) atoms. The van der Waals surface area contributed by atoms with Gasteiger partial charge < -0.3 is 10.2 Å². The number of hydrogen-bond acceptors (Lipinski definition) is 2. The Morgan fingerprint density at radius 2 is 1.40 bits per heavy atom. The van der Waals surface area contributed by atoms with Gasteiger partial charge in [-0.05, 0) is 0 Å². The van der Waals surface area contributed by atoms with Crippen molar-refractivity contribution in [2.75, 3.05) is 0 Å². The monoisotopic (exact) mass is 85.0 g/mol. The van der Waals surface area contributed by atoms with Crippen LogP contribution in [0, 0.1) is 6.92 Å². The van der Waals surface area contributed by atoms with Crippen molar-refractivity contribution in [3.05, 3.63) is 6.92 Å². The van der Waals surface area contributed by atoms with Crippen molar-refractivity contribution in [2.45, 2.75) is 6.29 Å². The van der Waals surface area contributed by atoms with Gasteiger partial charge in [-0.3, -0.25) is 0 Å². The molecule has 0 rings (SSSR count). The molecule has 0 spiro atoms. The molecule has 2 N–H and O–H groups in total. The molecule has 0 unspecified atom stereocenters. The van der Waals surface area contributed by atoms with Crippen LogP contribution in [-0.4, -0.2) is 46.1 Å². The summed E-state index contributed by atoms with van der Waals surface area (Å²) in [5, 5.41) is 15.0. The van der Waals surface area contributed by atoms with Crippen LogP contribution in [0.2, 0.25) is 0 Å². The second kappa shape index (κ2) is 4.92. The van der Waals surface area contributed by atoms with E-state index in [0.717, 1.165) is 0 Å². The fraction of sp³-hybridized carbons (Fsp3) is 0.500. The zero-order valence-electron chi connectivity index (χ0n) is 2.18. The Balaban J connectivity index is 0. The van der Waals surface area contributed by atoms with Crippen LogP contribution in [0.4, 0.5) is 0 Å². The Morgan fingerprint density at radius 1 is 1.40 bits per heavy atom. The molecule has 2 nitrogen and oxygen atoms in total. The Kier molecular flexibility index (Phi) is 9.18. The standard InChI is InChI=1S/C2H5O2.Na.H/c1-2(3)4;;/h2-4H,1H2;;. The minimum absolute atomic E-state index is 0. The average Bonchev–Trinajstić information content (AvgIpc) is 0.811. The topological polar surface area (TPSA) is 40.5 Å². The van der Waals surface area contributed by atoms with Crippen molar-refractivity contribution in [3.8, 4) is 0 Å². The molecule has 0 fully saturated rings. The zero-order valence-corrected chi connectivity index (χ0v) is 2.18. The molecule has 0 aliphatic heterocycles. The first-order chi connectivity index (χ1) is 1.73. The van der Waals surface area contributed by atoms with Crippen molar-refractivity contribution < 1.29 is 10.2 Å². The minimum atomic E-state index is -1.42. The van der Waals surface area contributed by atoms with Gasteiger partial charge in [0.15, 0.2) is 6.29 Å². The van der Waals surface area contributed by atoms with Crippen molar-refractivity contribution in [3.63, 3.8) is 0 Å². The van der Waals surface area contributed by atoms with Crippen LogP contribution in [0.5, 0.6) is 0 Å². The molecule has 0 aliphatic rings. The SMILES string of the molecule is [CH2]C(O)O.[NaH]. The van der Waals surface area contributed by atoms with E-state index in [9.17, 15) is 0 Å². The van der Waals surface area contributed by atoms with E-state index in [1.807, 2.05) is 0 Å². The van der Waals surface area contributed by atoms with Crippen LogP contribution in [0.1, 0.15) is 0 Å². The second-order valence-electron chi connectivity index (χ2n) is 0.481. The van der Waals surface area contributed by atoms with Gasteiger partial charge in [-0.1, -0.05) is 0 Å². The quantitative estimate of drug-likeness (QED) is 0.277. The summed E-state index contributed by atoms with van der Waals surface area (Å²) in [7, 11) is 0. The van der Waals surface area contributed by atoms with E-state index < -0.39 is 6.29 Å². The number of aliphatic hydroxyl groups is 2. The Morgan fingerprint density at radius 3 is 1.40 bits per heavy atom. The van der Waals surface area contributed by atoms with Crippen molar-refractivity contribution in [2.24, 2.45) is 0 Å². The molecular weight excluding hydrogens is 79.0 g/mol. The maximum absolute atomic E-state index is 7.50. The molecule has 0 atom stereocenters. The molecule has 0 amide bonds. The predicted molar refractivity (Wildman–Crippen MR) is 20.7 cm³/mol. The first kappa shape index (κ1) is 9.33. The Bertz CT molecular complexity index is 12.4. The van der Waals surface area contributed by atoms with Crippen molar-refractivity contribution in [1.29, 1.82) is 0 Å². The molecule has 0 aliphatic carbocycles. The van der Waals surface area contributed by atoms with Gasteiger partial charge in [0.2, 0.25) is 0 Å². The van der Waals surface area contributed by atoms with E-state index in [1.165, 1.54) is 0 Å². The van der Waals surface area contributed by atoms with E-state index >= 15 is 0 Å². The van der Waals surface area contributed by atoms with Gasteiger partial charge in [0.25, 0.3) is 0 Å². The Hall–Kier alpha value is 0.920. The predicted octanol–water partition coefficient (Wildman–Crippen LogP) is -1.52. The molecular formula is C2H6NaO2. The third-order valence-electron chi connectivity index (χ3n) is 0. The van der Waals surface area contributed by atoms with E-state index in [4.69, 9.17) is 10.2 Å². The summed E-state index contributed by atoms with van der Waals surface area (Å²) in [5.41, 5.74) is 0. The van der Waals surface area contributed by atoms with E-state index in [-0.39, 0.29) is 29.6 Å². The van der Waals surface area contributed by atoms with E-state index in [0.29, 0.717) is 0 Å². The Labute approximate surface area is 53.1 Å². The summed E-state index contributed by atoms with van der Waals surface area (Å²) in [6, 6.07) is 0. The first-order valence-electron chi connectivity index (χ1n) is 0.925. The third kappa shape index (κ3) is 49.6. The average molecular weight is 85.1 g/mol. The van der Waals surface area contributed by atoms with Crippen LogP contribution in [0.25, 0.3) is 0 Å². The fourth-order valence-corrected chi connectivity index (χ4v) is 0. The van der Waals surface area contributed by atoms with Gasteiger partial charge in [-0.2, -0.15) is 0 Å². The van der Waals surface area contributed by atoms with E-state index in [2.05, 4.69) is 6.92 Å². The maximum atomic E-state index is 7.50. The summed E-state index contributed by atoms with van der Waals surface area (Å²) in [4.78, 5) is 0. The molecule has 0 heterocycles. The van der Waals surface area contributed by atoms with Crippen LogP contribution < -0.4 is 0 Å². The van der Waals surface area contributed by atoms with Crippen molar-refractivity contribution >= 4 is 29.6 Å². The molecule has 1 radical (unpaired) electrons. The first-order valence-corrected chi connectivity index (χ1v) is 0.925. The normalized spacial score (nSPS) is 7.20. The van der Waals surface area contributed by atoms with Gasteiger partial charge in [-0.25, -0.2) is 0 Å². The van der Waals surface area contributed by atoms with Crippen LogP contribution in [0.15, 0.2) is 0 Å². The second-order valence-corrected chi connectivity index (χ2v) is 0.481. The van der Waals surface area contributed by atoms with Crippen LogP contribution in [0.3, 0.4) is 0 Å². The van der Waals surface area contributed by atoms with Crippen LogP contribution in [-0.2, 0) is 0 Å². The van der Waals surface area contributed by atoms with Gasteiger partial charge in [-0.15, -0.1) is 0 Å². The molecule has 0 saturated heterocycles. The zero-order chi connectivity index (χ0) is 3.58. The summed E-state index contributed by atoms with van der Waals surface area (Å²) in [5.74, 6) is 0. The number of aliphatic hydroxyl groups excluding tert-OH is 1. The molecule has 0 bridgehead atoms. The molecule has 0 aromatic heterocycles. The van der Waals surface area contributed by atoms with Crippen molar-refractivity contribution in [1.82, 2.24) is 0 Å². The van der Waals surface area contributed by atoms with Crippen LogP contribution >= 0.6 is 0 Å². The number of hydrogen-bond donors (Lipinski definition) is 2. The fourth-order valence-electron chi connectivity index (χ4n) is 0. The summed E-state index contributed by atoms with van der Waals surface area (Å²) in [6.07, 6.45) is -1.42. The van der Waals surface area contributed by atoms with E-state index in [1.54, 1.807) is 0 Å². The molecule has 3 heteroatoms. The summed E-state index contributed by atoms with van der Waals surface area (Å²) >= 11 is 0. The molecule has 0 saturated carbocycles. The van der Waals surface area contributed by atoms with Gasteiger partial charge in [0.05, 0.1) is 0 Å². The molecule has 0 aromatic carbocycles. The summed E-state index contributed by atoms with van der Waals surface area (Å²) < 4.78 is 0. The molecule has 27 valence electrons. The summed E-state index contributed by atoms with van der Waals surface area (Å²) in [6.45, 7) is 2.75. The molecule has 0 aromatic rings. The number of rotatable bonds is 0. The third-order valence-corrected chi connectivity index (χ3v) is 0. The van der Waals surface area contributed by atoms with Gasteiger partial charge in [0, 0.05) is 6.92 Å². The van der Waals surface area contributed by atoms with Gasteiger partial charge in [0.1, 0.15) is 0 Å². The van der Waals surface area contributed by atoms with Gasteiger partial charge >= 0.3 is 29.6 Å².